The zero-order valence-corrected chi connectivity index (χ0v) is 12.9. The van der Waals surface area contributed by atoms with Crippen molar-refractivity contribution in [3.63, 3.8) is 0 Å². The van der Waals surface area contributed by atoms with Crippen molar-refractivity contribution in [3.8, 4) is 11.1 Å². The molecule has 0 aliphatic heterocycles. The average molecular weight is 304 g/mol. The molecule has 0 aromatic heterocycles. The molecule has 0 radical (unpaired) electrons. The number of sulfonamides is 1. The second-order valence-corrected chi connectivity index (χ2v) is 6.51. The third-order valence-corrected chi connectivity index (χ3v) is 4.64. The first-order valence-corrected chi connectivity index (χ1v) is 8.41. The van der Waals surface area contributed by atoms with Crippen molar-refractivity contribution in [2.24, 2.45) is 0 Å². The Bertz CT molecular complexity index is 652. The van der Waals surface area contributed by atoms with Gasteiger partial charge in [-0.1, -0.05) is 42.5 Å². The Morgan fingerprint density at radius 2 is 1.48 bits per heavy atom. The van der Waals surface area contributed by atoms with Gasteiger partial charge in [0.25, 0.3) is 0 Å². The number of hydrogen-bond donors (Lipinski definition) is 2. The lowest BCUT2D eigenvalue weighted by Gasteiger charge is -2.08. The summed E-state index contributed by atoms with van der Waals surface area (Å²) < 4.78 is 26.8. The molecular weight excluding hydrogens is 284 g/mol. The van der Waals surface area contributed by atoms with Gasteiger partial charge in [-0.05, 0) is 43.3 Å². The molecule has 2 N–H and O–H groups in total. The van der Waals surface area contributed by atoms with E-state index in [2.05, 4.69) is 10.0 Å². The van der Waals surface area contributed by atoms with E-state index in [9.17, 15) is 8.42 Å². The van der Waals surface area contributed by atoms with E-state index >= 15 is 0 Å². The molecule has 0 saturated carbocycles. The summed E-state index contributed by atoms with van der Waals surface area (Å²) in [6.45, 7) is 1.22. The Hall–Kier alpha value is -1.69. The molecule has 0 amide bonds. The molecule has 0 atom stereocenters. The van der Waals surface area contributed by atoms with Gasteiger partial charge in [-0.3, -0.25) is 0 Å². The van der Waals surface area contributed by atoms with Crippen LogP contribution >= 0.6 is 0 Å². The second kappa shape index (κ2) is 7.36. The van der Waals surface area contributed by atoms with E-state index < -0.39 is 10.0 Å². The first kappa shape index (κ1) is 15.7. The smallest absolute Gasteiger partial charge is 0.240 e. The van der Waals surface area contributed by atoms with Gasteiger partial charge < -0.3 is 5.32 Å². The average Bonchev–Trinajstić information content (AvgIpc) is 2.53. The fourth-order valence-corrected chi connectivity index (χ4v) is 3.09. The van der Waals surface area contributed by atoms with Crippen molar-refractivity contribution in [2.45, 2.75) is 11.3 Å². The Morgan fingerprint density at radius 3 is 2.10 bits per heavy atom. The highest BCUT2D eigenvalue weighted by atomic mass is 32.2. The Labute approximate surface area is 126 Å². The summed E-state index contributed by atoms with van der Waals surface area (Å²) in [6, 6.07) is 16.8. The lowest BCUT2D eigenvalue weighted by atomic mass is 10.1. The summed E-state index contributed by atoms with van der Waals surface area (Å²) in [4.78, 5) is 0.298. The van der Waals surface area contributed by atoms with Gasteiger partial charge in [0.2, 0.25) is 10.0 Å². The van der Waals surface area contributed by atoms with Gasteiger partial charge in [-0.15, -0.1) is 0 Å². The summed E-state index contributed by atoms with van der Waals surface area (Å²) in [7, 11) is -1.57. The maximum atomic E-state index is 12.1. The Kier molecular flexibility index (Phi) is 5.50. The minimum Gasteiger partial charge on any atom is -0.320 e. The van der Waals surface area contributed by atoms with Crippen LogP contribution in [0.2, 0.25) is 0 Å². The van der Waals surface area contributed by atoms with E-state index in [-0.39, 0.29) is 0 Å². The largest absolute Gasteiger partial charge is 0.320 e. The monoisotopic (exact) mass is 304 g/mol. The van der Waals surface area contributed by atoms with Crippen LogP contribution in [0.5, 0.6) is 0 Å². The van der Waals surface area contributed by atoms with Gasteiger partial charge in [-0.25, -0.2) is 13.1 Å². The van der Waals surface area contributed by atoms with Gasteiger partial charge >= 0.3 is 0 Å². The molecule has 2 aromatic carbocycles. The van der Waals surface area contributed by atoms with Crippen molar-refractivity contribution in [3.05, 3.63) is 54.6 Å². The molecule has 0 spiro atoms. The second-order valence-electron chi connectivity index (χ2n) is 4.75. The van der Waals surface area contributed by atoms with E-state index in [0.717, 1.165) is 24.1 Å². The lowest BCUT2D eigenvalue weighted by Crippen LogP contribution is -2.26. The van der Waals surface area contributed by atoms with Crippen LogP contribution < -0.4 is 10.0 Å². The summed E-state index contributed by atoms with van der Waals surface area (Å²) in [5.74, 6) is 0. The Morgan fingerprint density at radius 1 is 0.857 bits per heavy atom. The van der Waals surface area contributed by atoms with E-state index in [1.54, 1.807) is 12.1 Å². The van der Waals surface area contributed by atoms with E-state index in [1.165, 1.54) is 0 Å². The highest BCUT2D eigenvalue weighted by Crippen LogP contribution is 2.20. The minimum atomic E-state index is -3.42. The first-order valence-electron chi connectivity index (χ1n) is 6.93. The molecular formula is C16H20N2O2S. The molecule has 0 bridgehead atoms. The molecule has 2 aromatic rings. The number of nitrogens with one attached hydrogen (secondary N) is 2. The van der Waals surface area contributed by atoms with Crippen molar-refractivity contribution in [1.82, 2.24) is 10.0 Å². The predicted octanol–water partition coefficient (Wildman–Crippen LogP) is 2.24. The number of hydrogen-bond acceptors (Lipinski definition) is 3. The van der Waals surface area contributed by atoms with Crippen LogP contribution in [0.4, 0.5) is 0 Å². The molecule has 0 fully saturated rings. The SMILES string of the molecule is CNCCCNS(=O)(=O)c1ccc(-c2ccccc2)cc1. The zero-order valence-electron chi connectivity index (χ0n) is 12.0. The number of benzene rings is 2. The van der Waals surface area contributed by atoms with Gasteiger partial charge in [0.15, 0.2) is 0 Å². The molecule has 0 aliphatic rings. The molecule has 0 unspecified atom stereocenters. The predicted molar refractivity (Wildman–Crippen MR) is 85.6 cm³/mol. The van der Waals surface area contributed by atoms with Crippen LogP contribution in [0.3, 0.4) is 0 Å². The molecule has 0 saturated heterocycles. The quantitative estimate of drug-likeness (QED) is 0.771. The van der Waals surface area contributed by atoms with Crippen molar-refractivity contribution in [1.29, 1.82) is 0 Å². The highest BCUT2D eigenvalue weighted by Gasteiger charge is 2.12. The first-order chi connectivity index (χ1) is 10.1. The van der Waals surface area contributed by atoms with Crippen molar-refractivity contribution < 1.29 is 8.42 Å². The maximum Gasteiger partial charge on any atom is 0.240 e. The van der Waals surface area contributed by atoms with Gasteiger partial charge in [0.1, 0.15) is 0 Å². The molecule has 5 heteroatoms. The summed E-state index contributed by atoms with van der Waals surface area (Å²) in [5.41, 5.74) is 2.08. The summed E-state index contributed by atoms with van der Waals surface area (Å²) in [6.07, 6.45) is 0.762. The van der Waals surface area contributed by atoms with Crippen LogP contribution in [0.15, 0.2) is 59.5 Å². The summed E-state index contributed by atoms with van der Waals surface area (Å²) >= 11 is 0. The van der Waals surface area contributed by atoms with E-state index in [1.807, 2.05) is 49.5 Å². The van der Waals surface area contributed by atoms with Crippen LogP contribution in [0, 0.1) is 0 Å². The van der Waals surface area contributed by atoms with Crippen LogP contribution in [-0.4, -0.2) is 28.6 Å². The fraction of sp³-hybridized carbons (Fsp3) is 0.250. The van der Waals surface area contributed by atoms with Gasteiger partial charge in [0.05, 0.1) is 4.90 Å². The van der Waals surface area contributed by atoms with Crippen molar-refractivity contribution >= 4 is 10.0 Å². The normalized spacial score (nSPS) is 11.5. The Balaban J connectivity index is 2.08. The van der Waals surface area contributed by atoms with Crippen LogP contribution in [0.25, 0.3) is 11.1 Å². The molecule has 112 valence electrons. The maximum absolute atomic E-state index is 12.1. The molecule has 21 heavy (non-hydrogen) atoms. The van der Waals surface area contributed by atoms with Crippen LogP contribution in [-0.2, 0) is 10.0 Å². The lowest BCUT2D eigenvalue weighted by molar-refractivity contribution is 0.577. The fourth-order valence-electron chi connectivity index (χ4n) is 2.01. The third-order valence-electron chi connectivity index (χ3n) is 3.17. The number of rotatable bonds is 7. The summed E-state index contributed by atoms with van der Waals surface area (Å²) in [5, 5.41) is 2.98. The standard InChI is InChI=1S/C16H20N2O2S/c1-17-12-5-13-18-21(19,20)16-10-8-15(9-11-16)14-6-3-2-4-7-14/h2-4,6-11,17-18H,5,12-13H2,1H3. The van der Waals surface area contributed by atoms with Crippen molar-refractivity contribution in [2.75, 3.05) is 20.1 Å². The topological polar surface area (TPSA) is 58.2 Å². The van der Waals surface area contributed by atoms with Gasteiger partial charge in [0, 0.05) is 6.54 Å². The minimum absolute atomic E-state index is 0.298. The zero-order chi connectivity index (χ0) is 15.1. The van der Waals surface area contributed by atoms with Gasteiger partial charge in [-0.2, -0.15) is 0 Å². The van der Waals surface area contributed by atoms with E-state index in [4.69, 9.17) is 0 Å². The highest BCUT2D eigenvalue weighted by molar-refractivity contribution is 7.89. The van der Waals surface area contributed by atoms with Crippen LogP contribution in [0.1, 0.15) is 6.42 Å². The molecule has 2 rings (SSSR count). The molecule has 4 nitrogen and oxygen atoms in total. The molecule has 0 aliphatic carbocycles. The third kappa shape index (κ3) is 4.39. The molecule has 0 heterocycles. The van der Waals surface area contributed by atoms with E-state index in [0.29, 0.717) is 11.4 Å².